The Hall–Kier alpha value is -1.17. The van der Waals surface area contributed by atoms with Gasteiger partial charge < -0.3 is 19.5 Å². The first-order valence-electron chi connectivity index (χ1n) is 6.90. The first-order valence-corrected chi connectivity index (χ1v) is 6.90. The van der Waals surface area contributed by atoms with Crippen molar-refractivity contribution in [2.75, 3.05) is 41.5 Å². The molecule has 1 aromatic carbocycles. The molecule has 120 valence electrons. The van der Waals surface area contributed by atoms with Crippen LogP contribution in [-0.4, -0.2) is 52.4 Å². The van der Waals surface area contributed by atoms with E-state index in [-0.39, 0.29) is 12.4 Å². The molecule has 1 fully saturated rings. The van der Waals surface area contributed by atoms with Crippen molar-refractivity contribution < 1.29 is 14.2 Å². The Labute approximate surface area is 133 Å². The Morgan fingerprint density at radius 2 is 1.76 bits per heavy atom. The van der Waals surface area contributed by atoms with Crippen LogP contribution in [-0.2, 0) is 6.54 Å². The molecule has 1 aromatic rings. The van der Waals surface area contributed by atoms with Gasteiger partial charge in [0.2, 0.25) is 0 Å². The molecule has 6 heteroatoms. The predicted octanol–water partition coefficient (Wildman–Crippen LogP) is 1.93. The van der Waals surface area contributed by atoms with Crippen LogP contribution in [0, 0.1) is 0 Å². The van der Waals surface area contributed by atoms with Crippen LogP contribution in [0.4, 0.5) is 0 Å². The minimum atomic E-state index is 0. The Morgan fingerprint density at radius 3 is 2.19 bits per heavy atom. The molecule has 0 saturated carbocycles. The van der Waals surface area contributed by atoms with E-state index in [4.69, 9.17) is 14.2 Å². The lowest BCUT2D eigenvalue weighted by atomic mass is 10.1. The van der Waals surface area contributed by atoms with Gasteiger partial charge in [-0.05, 0) is 13.5 Å². The van der Waals surface area contributed by atoms with Crippen molar-refractivity contribution in [3.8, 4) is 17.2 Å². The van der Waals surface area contributed by atoms with Crippen molar-refractivity contribution in [3.63, 3.8) is 0 Å². The van der Waals surface area contributed by atoms with Crippen LogP contribution in [0.15, 0.2) is 12.1 Å². The first-order chi connectivity index (χ1) is 9.71. The lowest BCUT2D eigenvalue weighted by Crippen LogP contribution is -2.29. The third kappa shape index (κ3) is 4.15. The Bertz CT molecular complexity index is 432. The number of likely N-dealkylation sites (N-methyl/N-ethyl adjacent to an activating group) is 1. The standard InChI is InChI=1S/C15H24N2O3.ClH/c1-16-11-5-6-17(9-11)10-13-14(19-3)7-12(18-2)8-15(13)20-4;/h7-8,11,16H,5-6,9-10H2,1-4H3;1H. The van der Waals surface area contributed by atoms with E-state index in [1.807, 2.05) is 19.2 Å². The summed E-state index contributed by atoms with van der Waals surface area (Å²) < 4.78 is 16.3. The summed E-state index contributed by atoms with van der Waals surface area (Å²) in [7, 11) is 7.02. The van der Waals surface area contributed by atoms with Crippen LogP contribution in [0.3, 0.4) is 0 Å². The quantitative estimate of drug-likeness (QED) is 0.868. The molecule has 1 unspecified atom stereocenters. The number of likely N-dealkylation sites (tertiary alicyclic amines) is 1. The first kappa shape index (κ1) is 17.9. The van der Waals surface area contributed by atoms with Crippen molar-refractivity contribution in [2.24, 2.45) is 0 Å². The maximum Gasteiger partial charge on any atom is 0.130 e. The van der Waals surface area contributed by atoms with Crippen LogP contribution in [0.25, 0.3) is 0 Å². The molecule has 0 radical (unpaired) electrons. The largest absolute Gasteiger partial charge is 0.496 e. The number of nitrogens with zero attached hydrogens (tertiary/aromatic N) is 1. The van der Waals surface area contributed by atoms with Crippen LogP contribution in [0.1, 0.15) is 12.0 Å². The third-order valence-electron chi connectivity index (χ3n) is 3.88. The average Bonchev–Trinajstić information content (AvgIpc) is 2.95. The number of nitrogens with one attached hydrogen (secondary N) is 1. The third-order valence-corrected chi connectivity index (χ3v) is 3.88. The zero-order chi connectivity index (χ0) is 14.5. The Morgan fingerprint density at radius 1 is 1.14 bits per heavy atom. The smallest absolute Gasteiger partial charge is 0.130 e. The number of halogens is 1. The maximum absolute atomic E-state index is 5.49. The maximum atomic E-state index is 5.49. The van der Waals surface area contributed by atoms with E-state index in [0.29, 0.717) is 6.04 Å². The number of hydrogen-bond acceptors (Lipinski definition) is 5. The van der Waals surface area contributed by atoms with Gasteiger partial charge in [0.1, 0.15) is 17.2 Å². The fourth-order valence-corrected chi connectivity index (χ4v) is 2.67. The summed E-state index contributed by atoms with van der Waals surface area (Å²) in [6.07, 6.45) is 1.18. The molecular formula is C15H25ClN2O3. The highest BCUT2D eigenvalue weighted by Gasteiger charge is 2.23. The van der Waals surface area contributed by atoms with Crippen molar-refractivity contribution in [1.29, 1.82) is 0 Å². The number of methoxy groups -OCH3 is 3. The molecule has 1 atom stereocenters. The van der Waals surface area contributed by atoms with E-state index in [2.05, 4.69) is 10.2 Å². The number of ether oxygens (including phenoxy) is 3. The summed E-state index contributed by atoms with van der Waals surface area (Å²) >= 11 is 0. The van der Waals surface area contributed by atoms with E-state index in [9.17, 15) is 0 Å². The van der Waals surface area contributed by atoms with E-state index < -0.39 is 0 Å². The summed E-state index contributed by atoms with van der Waals surface area (Å²) in [5.74, 6) is 2.38. The molecule has 1 aliphatic rings. The topological polar surface area (TPSA) is 43.0 Å². The van der Waals surface area contributed by atoms with Gasteiger partial charge in [0.05, 0.1) is 26.9 Å². The second-order valence-electron chi connectivity index (χ2n) is 5.02. The molecule has 2 rings (SSSR count). The van der Waals surface area contributed by atoms with E-state index >= 15 is 0 Å². The molecule has 21 heavy (non-hydrogen) atoms. The predicted molar refractivity (Wildman–Crippen MR) is 86.1 cm³/mol. The van der Waals surface area contributed by atoms with Crippen molar-refractivity contribution >= 4 is 12.4 Å². The Kier molecular flexibility index (Phi) is 7.08. The zero-order valence-electron chi connectivity index (χ0n) is 13.1. The molecule has 1 N–H and O–H groups in total. The molecule has 0 spiro atoms. The second-order valence-corrected chi connectivity index (χ2v) is 5.02. The summed E-state index contributed by atoms with van der Waals surface area (Å²) in [4.78, 5) is 2.41. The lowest BCUT2D eigenvalue weighted by molar-refractivity contribution is 0.301. The zero-order valence-corrected chi connectivity index (χ0v) is 14.0. The van der Waals surface area contributed by atoms with E-state index in [0.717, 1.165) is 42.4 Å². The number of hydrogen-bond donors (Lipinski definition) is 1. The summed E-state index contributed by atoms with van der Waals surface area (Å²) in [5, 5.41) is 3.33. The molecule has 0 aliphatic carbocycles. The van der Waals surface area contributed by atoms with Gasteiger partial charge in [0.25, 0.3) is 0 Å². The van der Waals surface area contributed by atoms with Gasteiger partial charge in [0, 0.05) is 37.8 Å². The molecule has 0 amide bonds. The number of benzene rings is 1. The van der Waals surface area contributed by atoms with Gasteiger partial charge in [-0.15, -0.1) is 12.4 Å². The normalized spacial score (nSPS) is 18.2. The minimum Gasteiger partial charge on any atom is -0.496 e. The fraction of sp³-hybridized carbons (Fsp3) is 0.600. The van der Waals surface area contributed by atoms with Gasteiger partial charge in [-0.25, -0.2) is 0 Å². The highest BCUT2D eigenvalue weighted by molar-refractivity contribution is 5.85. The van der Waals surface area contributed by atoms with Crippen molar-refractivity contribution in [1.82, 2.24) is 10.2 Å². The molecule has 5 nitrogen and oxygen atoms in total. The second kappa shape index (κ2) is 8.32. The molecule has 1 saturated heterocycles. The van der Waals surface area contributed by atoms with E-state index in [1.54, 1.807) is 21.3 Å². The number of rotatable bonds is 6. The van der Waals surface area contributed by atoms with Gasteiger partial charge >= 0.3 is 0 Å². The van der Waals surface area contributed by atoms with Gasteiger partial charge in [-0.2, -0.15) is 0 Å². The molecular weight excluding hydrogens is 292 g/mol. The van der Waals surface area contributed by atoms with Crippen molar-refractivity contribution in [3.05, 3.63) is 17.7 Å². The van der Waals surface area contributed by atoms with Gasteiger partial charge in [-0.3, -0.25) is 4.90 Å². The van der Waals surface area contributed by atoms with Crippen LogP contribution >= 0.6 is 12.4 Å². The highest BCUT2D eigenvalue weighted by atomic mass is 35.5. The molecule has 0 aromatic heterocycles. The highest BCUT2D eigenvalue weighted by Crippen LogP contribution is 2.35. The lowest BCUT2D eigenvalue weighted by Gasteiger charge is -2.20. The monoisotopic (exact) mass is 316 g/mol. The van der Waals surface area contributed by atoms with Crippen LogP contribution < -0.4 is 19.5 Å². The fourth-order valence-electron chi connectivity index (χ4n) is 2.67. The summed E-state index contributed by atoms with van der Waals surface area (Å²) in [6.45, 7) is 2.97. The SMILES string of the molecule is CNC1CCN(Cc2c(OC)cc(OC)cc2OC)C1.Cl. The average molecular weight is 317 g/mol. The van der Waals surface area contributed by atoms with Gasteiger partial charge in [-0.1, -0.05) is 0 Å². The van der Waals surface area contributed by atoms with Gasteiger partial charge in [0.15, 0.2) is 0 Å². The Balaban J connectivity index is 0.00000220. The summed E-state index contributed by atoms with van der Waals surface area (Å²) in [5.41, 5.74) is 1.08. The molecule has 0 bridgehead atoms. The minimum absolute atomic E-state index is 0. The van der Waals surface area contributed by atoms with Crippen molar-refractivity contribution in [2.45, 2.75) is 19.0 Å². The molecule has 1 heterocycles. The van der Waals surface area contributed by atoms with E-state index in [1.165, 1.54) is 6.42 Å². The summed E-state index contributed by atoms with van der Waals surface area (Å²) in [6, 6.07) is 4.39. The van der Waals surface area contributed by atoms with Crippen LogP contribution in [0.5, 0.6) is 17.2 Å². The molecule has 1 aliphatic heterocycles. The van der Waals surface area contributed by atoms with Crippen LogP contribution in [0.2, 0.25) is 0 Å².